The maximum absolute atomic E-state index is 11.2. The van der Waals surface area contributed by atoms with Gasteiger partial charge in [0, 0.05) is 6.04 Å². The summed E-state index contributed by atoms with van der Waals surface area (Å²) in [6.45, 7) is 5.25. The van der Waals surface area contributed by atoms with Gasteiger partial charge in [0.2, 0.25) is 6.29 Å². The minimum atomic E-state index is -0.989. The van der Waals surface area contributed by atoms with Crippen molar-refractivity contribution in [2.45, 2.75) is 39.0 Å². The fourth-order valence-corrected chi connectivity index (χ4v) is 1.88. The highest BCUT2D eigenvalue weighted by molar-refractivity contribution is 5.88. The largest absolute Gasteiger partial charge is 0.478 e. The summed E-state index contributed by atoms with van der Waals surface area (Å²) in [5.41, 5.74) is 0.675. The SMILES string of the molecule is CCC(C)Nc1cc(C(=O)O)cc(C2OCCCO2)n1. The topological polar surface area (TPSA) is 80.7 Å². The number of aromatic carboxylic acids is 1. The number of carboxylic acid groups (broad SMARTS) is 1. The van der Waals surface area contributed by atoms with Crippen LogP contribution in [0.5, 0.6) is 0 Å². The van der Waals surface area contributed by atoms with Crippen molar-refractivity contribution in [3.63, 3.8) is 0 Å². The van der Waals surface area contributed by atoms with E-state index in [1.54, 1.807) is 0 Å². The molecule has 1 fully saturated rings. The number of hydrogen-bond acceptors (Lipinski definition) is 5. The first-order valence-electron chi connectivity index (χ1n) is 6.85. The van der Waals surface area contributed by atoms with Gasteiger partial charge in [-0.15, -0.1) is 0 Å². The molecular formula is C14H20N2O4. The first-order valence-corrected chi connectivity index (χ1v) is 6.85. The van der Waals surface area contributed by atoms with E-state index in [9.17, 15) is 9.90 Å². The molecule has 2 rings (SSSR count). The Morgan fingerprint density at radius 3 is 2.80 bits per heavy atom. The summed E-state index contributed by atoms with van der Waals surface area (Å²) in [5.74, 6) is -0.455. The Kier molecular flexibility index (Phi) is 4.92. The first kappa shape index (κ1) is 14.7. The number of pyridine rings is 1. The van der Waals surface area contributed by atoms with Crippen molar-refractivity contribution in [3.8, 4) is 0 Å². The molecule has 2 N–H and O–H groups in total. The monoisotopic (exact) mass is 280 g/mol. The van der Waals surface area contributed by atoms with Gasteiger partial charge in [0.1, 0.15) is 5.82 Å². The third-order valence-electron chi connectivity index (χ3n) is 3.17. The summed E-state index contributed by atoms with van der Waals surface area (Å²) in [6, 6.07) is 3.24. The Morgan fingerprint density at radius 1 is 1.50 bits per heavy atom. The van der Waals surface area contributed by atoms with E-state index in [0.29, 0.717) is 24.7 Å². The number of rotatable bonds is 5. The van der Waals surface area contributed by atoms with Crippen molar-refractivity contribution in [3.05, 3.63) is 23.4 Å². The van der Waals surface area contributed by atoms with Crippen LogP contribution in [-0.2, 0) is 9.47 Å². The second-order valence-corrected chi connectivity index (χ2v) is 4.85. The molecule has 0 saturated carbocycles. The van der Waals surface area contributed by atoms with E-state index in [2.05, 4.69) is 10.3 Å². The zero-order valence-electron chi connectivity index (χ0n) is 11.8. The molecule has 0 amide bonds. The third-order valence-corrected chi connectivity index (χ3v) is 3.17. The fraction of sp³-hybridized carbons (Fsp3) is 0.571. The van der Waals surface area contributed by atoms with Gasteiger partial charge in [-0.2, -0.15) is 0 Å². The maximum Gasteiger partial charge on any atom is 0.335 e. The smallest absolute Gasteiger partial charge is 0.335 e. The second kappa shape index (κ2) is 6.67. The van der Waals surface area contributed by atoms with E-state index in [1.807, 2.05) is 13.8 Å². The van der Waals surface area contributed by atoms with Crippen LogP contribution in [0.2, 0.25) is 0 Å². The summed E-state index contributed by atoms with van der Waals surface area (Å²) in [6.07, 6.45) is 1.18. The zero-order valence-corrected chi connectivity index (χ0v) is 11.8. The first-order chi connectivity index (χ1) is 9.60. The molecule has 1 atom stereocenters. The van der Waals surface area contributed by atoms with Crippen molar-refractivity contribution in [1.29, 1.82) is 0 Å². The van der Waals surface area contributed by atoms with Crippen LogP contribution in [0, 0.1) is 0 Å². The zero-order chi connectivity index (χ0) is 14.5. The highest BCUT2D eigenvalue weighted by atomic mass is 16.7. The lowest BCUT2D eigenvalue weighted by atomic mass is 10.2. The molecule has 6 heteroatoms. The molecule has 20 heavy (non-hydrogen) atoms. The number of carbonyl (C=O) groups is 1. The van der Waals surface area contributed by atoms with Gasteiger partial charge in [-0.1, -0.05) is 6.92 Å². The quantitative estimate of drug-likeness (QED) is 0.862. The molecule has 1 unspecified atom stereocenters. The van der Waals surface area contributed by atoms with Crippen LogP contribution in [0.1, 0.15) is 49.0 Å². The van der Waals surface area contributed by atoms with Gasteiger partial charge in [-0.3, -0.25) is 0 Å². The summed E-state index contributed by atoms with van der Waals surface area (Å²) < 4.78 is 11.0. The van der Waals surface area contributed by atoms with Crippen molar-refractivity contribution in [1.82, 2.24) is 4.98 Å². The van der Waals surface area contributed by atoms with Crippen LogP contribution in [0.25, 0.3) is 0 Å². The Labute approximate surface area is 118 Å². The maximum atomic E-state index is 11.2. The molecule has 110 valence electrons. The highest BCUT2D eigenvalue weighted by Gasteiger charge is 2.21. The van der Waals surface area contributed by atoms with Gasteiger partial charge in [0.25, 0.3) is 0 Å². The van der Waals surface area contributed by atoms with E-state index in [0.717, 1.165) is 12.8 Å². The van der Waals surface area contributed by atoms with Crippen LogP contribution >= 0.6 is 0 Å². The number of ether oxygens (including phenoxy) is 2. The highest BCUT2D eigenvalue weighted by Crippen LogP contribution is 2.24. The Hall–Kier alpha value is -1.66. The van der Waals surface area contributed by atoms with E-state index < -0.39 is 12.3 Å². The molecule has 2 heterocycles. The molecule has 1 aromatic heterocycles. The average Bonchev–Trinajstić information content (AvgIpc) is 2.47. The van der Waals surface area contributed by atoms with Crippen LogP contribution in [0.3, 0.4) is 0 Å². The number of nitrogens with zero attached hydrogens (tertiary/aromatic N) is 1. The summed E-state index contributed by atoms with van der Waals surface area (Å²) in [4.78, 5) is 15.6. The van der Waals surface area contributed by atoms with Crippen LogP contribution in [0.4, 0.5) is 5.82 Å². The molecule has 0 radical (unpaired) electrons. The van der Waals surface area contributed by atoms with Crippen LogP contribution in [0.15, 0.2) is 12.1 Å². The van der Waals surface area contributed by atoms with Crippen LogP contribution < -0.4 is 5.32 Å². The van der Waals surface area contributed by atoms with Crippen molar-refractivity contribution in [2.75, 3.05) is 18.5 Å². The molecule has 0 bridgehead atoms. The number of carboxylic acids is 1. The molecule has 1 saturated heterocycles. The van der Waals surface area contributed by atoms with E-state index in [-0.39, 0.29) is 11.6 Å². The molecule has 6 nitrogen and oxygen atoms in total. The predicted molar refractivity (Wildman–Crippen MR) is 73.8 cm³/mol. The molecule has 1 aromatic rings. The number of anilines is 1. The van der Waals surface area contributed by atoms with Crippen molar-refractivity contribution in [2.24, 2.45) is 0 Å². The predicted octanol–water partition coefficient (Wildman–Crippen LogP) is 2.43. The number of nitrogens with one attached hydrogen (secondary N) is 1. The number of hydrogen-bond donors (Lipinski definition) is 2. The van der Waals surface area contributed by atoms with Gasteiger partial charge in [0.15, 0.2) is 0 Å². The van der Waals surface area contributed by atoms with Gasteiger partial charge >= 0.3 is 5.97 Å². The van der Waals surface area contributed by atoms with E-state index in [4.69, 9.17) is 9.47 Å². The third kappa shape index (κ3) is 3.68. The van der Waals surface area contributed by atoms with E-state index >= 15 is 0 Å². The van der Waals surface area contributed by atoms with Crippen molar-refractivity contribution < 1.29 is 19.4 Å². The van der Waals surface area contributed by atoms with Gasteiger partial charge in [-0.05, 0) is 31.9 Å². The van der Waals surface area contributed by atoms with Gasteiger partial charge in [0.05, 0.1) is 24.5 Å². The molecule has 0 spiro atoms. The Morgan fingerprint density at radius 2 is 2.20 bits per heavy atom. The van der Waals surface area contributed by atoms with Crippen LogP contribution in [-0.4, -0.2) is 35.3 Å². The summed E-state index contributed by atoms with van der Waals surface area (Å²) in [7, 11) is 0. The minimum absolute atomic E-state index is 0.179. The summed E-state index contributed by atoms with van der Waals surface area (Å²) >= 11 is 0. The molecule has 1 aliphatic heterocycles. The summed E-state index contributed by atoms with van der Waals surface area (Å²) in [5, 5.41) is 12.4. The standard InChI is InChI=1S/C14H20N2O4/c1-3-9(2)15-12-8-10(13(17)18)7-11(16-12)14-19-5-4-6-20-14/h7-9,14H,3-6H2,1-2H3,(H,15,16)(H,17,18). The fourth-order valence-electron chi connectivity index (χ4n) is 1.88. The van der Waals surface area contributed by atoms with Crippen molar-refractivity contribution >= 4 is 11.8 Å². The second-order valence-electron chi connectivity index (χ2n) is 4.85. The average molecular weight is 280 g/mol. The lowest BCUT2D eigenvalue weighted by Crippen LogP contribution is -2.21. The Bertz CT molecular complexity index is 472. The minimum Gasteiger partial charge on any atom is -0.478 e. The number of aromatic nitrogens is 1. The van der Waals surface area contributed by atoms with Gasteiger partial charge in [-0.25, -0.2) is 9.78 Å². The molecule has 1 aliphatic rings. The van der Waals surface area contributed by atoms with E-state index in [1.165, 1.54) is 12.1 Å². The lowest BCUT2D eigenvalue weighted by Gasteiger charge is -2.23. The molecule has 0 aromatic carbocycles. The normalized spacial score (nSPS) is 17.7. The molecule has 0 aliphatic carbocycles. The Balaban J connectivity index is 2.27. The molecular weight excluding hydrogens is 260 g/mol. The lowest BCUT2D eigenvalue weighted by molar-refractivity contribution is -0.185. The van der Waals surface area contributed by atoms with Gasteiger partial charge < -0.3 is 19.9 Å².